The molecule has 1 atom stereocenters. The zero-order chi connectivity index (χ0) is 15.5. The minimum absolute atomic E-state index is 0.465. The van der Waals surface area contributed by atoms with Crippen LogP contribution in [0.3, 0.4) is 0 Å². The standard InChI is InChI=1S/C17H19ClO3/c1-17(19,11-12-4-6-13(18)7-5-12)15-9-8-14(20-2)10-16(15)21-3/h4-10,19H,11H2,1-3H3. The maximum Gasteiger partial charge on any atom is 0.128 e. The van der Waals surface area contributed by atoms with Crippen LogP contribution < -0.4 is 9.47 Å². The van der Waals surface area contributed by atoms with Crippen LogP contribution in [-0.4, -0.2) is 19.3 Å². The van der Waals surface area contributed by atoms with E-state index in [2.05, 4.69) is 0 Å². The number of hydrogen-bond donors (Lipinski definition) is 1. The van der Waals surface area contributed by atoms with Crippen LogP contribution in [0.15, 0.2) is 42.5 Å². The van der Waals surface area contributed by atoms with Crippen molar-refractivity contribution >= 4 is 11.6 Å². The van der Waals surface area contributed by atoms with Crippen LogP contribution in [0.2, 0.25) is 5.02 Å². The van der Waals surface area contributed by atoms with Gasteiger partial charge >= 0.3 is 0 Å². The fourth-order valence-corrected chi connectivity index (χ4v) is 2.46. The molecule has 0 aromatic heterocycles. The van der Waals surface area contributed by atoms with Crippen LogP contribution >= 0.6 is 11.6 Å². The lowest BCUT2D eigenvalue weighted by Gasteiger charge is -2.26. The summed E-state index contributed by atoms with van der Waals surface area (Å²) in [6.07, 6.45) is 0.465. The Labute approximate surface area is 130 Å². The summed E-state index contributed by atoms with van der Waals surface area (Å²) in [7, 11) is 3.18. The van der Waals surface area contributed by atoms with Crippen molar-refractivity contribution in [1.29, 1.82) is 0 Å². The first-order valence-electron chi connectivity index (χ1n) is 6.65. The van der Waals surface area contributed by atoms with E-state index in [0.717, 1.165) is 11.1 Å². The molecule has 0 bridgehead atoms. The number of methoxy groups -OCH3 is 2. The Morgan fingerprint density at radius 2 is 1.71 bits per heavy atom. The van der Waals surface area contributed by atoms with Gasteiger partial charge in [-0.25, -0.2) is 0 Å². The Hall–Kier alpha value is -1.71. The molecule has 0 heterocycles. The topological polar surface area (TPSA) is 38.7 Å². The van der Waals surface area contributed by atoms with Gasteiger partial charge in [0, 0.05) is 23.1 Å². The van der Waals surface area contributed by atoms with Crippen molar-refractivity contribution in [3.05, 3.63) is 58.6 Å². The average Bonchev–Trinajstić information content (AvgIpc) is 2.48. The molecule has 3 nitrogen and oxygen atoms in total. The molecule has 0 saturated carbocycles. The van der Waals surface area contributed by atoms with E-state index < -0.39 is 5.60 Å². The molecule has 0 fully saturated rings. The Bertz CT molecular complexity index is 606. The molecular formula is C17H19ClO3. The summed E-state index contributed by atoms with van der Waals surface area (Å²) in [4.78, 5) is 0. The third kappa shape index (κ3) is 3.69. The van der Waals surface area contributed by atoms with Crippen LogP contribution in [0, 0.1) is 0 Å². The summed E-state index contributed by atoms with van der Waals surface area (Å²) in [5.74, 6) is 1.30. The number of ether oxygens (including phenoxy) is 2. The first-order chi connectivity index (χ1) is 9.96. The zero-order valence-corrected chi connectivity index (χ0v) is 13.1. The van der Waals surface area contributed by atoms with E-state index in [0.29, 0.717) is 22.9 Å². The summed E-state index contributed by atoms with van der Waals surface area (Å²) in [6.45, 7) is 1.77. The van der Waals surface area contributed by atoms with Gasteiger partial charge in [0.1, 0.15) is 11.5 Å². The van der Waals surface area contributed by atoms with Crippen molar-refractivity contribution in [2.45, 2.75) is 18.9 Å². The van der Waals surface area contributed by atoms with E-state index in [4.69, 9.17) is 21.1 Å². The van der Waals surface area contributed by atoms with Crippen LogP contribution in [0.1, 0.15) is 18.1 Å². The predicted molar refractivity (Wildman–Crippen MR) is 84.3 cm³/mol. The molecule has 2 rings (SSSR count). The Morgan fingerprint density at radius 1 is 1.05 bits per heavy atom. The molecule has 0 aliphatic rings. The van der Waals surface area contributed by atoms with E-state index in [1.165, 1.54) is 0 Å². The lowest BCUT2D eigenvalue weighted by molar-refractivity contribution is 0.0549. The number of rotatable bonds is 5. The quantitative estimate of drug-likeness (QED) is 0.913. The number of aliphatic hydroxyl groups is 1. The average molecular weight is 307 g/mol. The van der Waals surface area contributed by atoms with Crippen molar-refractivity contribution in [3.8, 4) is 11.5 Å². The van der Waals surface area contributed by atoms with Gasteiger partial charge in [-0.15, -0.1) is 0 Å². The predicted octanol–water partition coefficient (Wildman–Crippen LogP) is 3.81. The smallest absolute Gasteiger partial charge is 0.128 e. The van der Waals surface area contributed by atoms with Gasteiger partial charge in [-0.05, 0) is 36.8 Å². The van der Waals surface area contributed by atoms with E-state index in [1.54, 1.807) is 27.2 Å². The highest BCUT2D eigenvalue weighted by atomic mass is 35.5. The SMILES string of the molecule is COc1ccc(C(C)(O)Cc2ccc(Cl)cc2)c(OC)c1. The van der Waals surface area contributed by atoms with Crippen LogP contribution in [0.25, 0.3) is 0 Å². The molecule has 21 heavy (non-hydrogen) atoms. The van der Waals surface area contributed by atoms with Crippen LogP contribution in [-0.2, 0) is 12.0 Å². The summed E-state index contributed by atoms with van der Waals surface area (Å²) in [5.41, 5.74) is 0.675. The number of benzene rings is 2. The van der Waals surface area contributed by atoms with E-state index in [9.17, 15) is 5.11 Å². The van der Waals surface area contributed by atoms with Crippen molar-refractivity contribution < 1.29 is 14.6 Å². The maximum atomic E-state index is 10.8. The molecule has 4 heteroatoms. The first-order valence-corrected chi connectivity index (χ1v) is 7.03. The van der Waals surface area contributed by atoms with Crippen molar-refractivity contribution in [2.24, 2.45) is 0 Å². The van der Waals surface area contributed by atoms with Gasteiger partial charge in [0.25, 0.3) is 0 Å². The maximum absolute atomic E-state index is 10.8. The highest BCUT2D eigenvalue weighted by molar-refractivity contribution is 6.30. The molecule has 0 saturated heterocycles. The van der Waals surface area contributed by atoms with Gasteiger partial charge in [-0.1, -0.05) is 23.7 Å². The van der Waals surface area contributed by atoms with Gasteiger partial charge in [-0.2, -0.15) is 0 Å². The molecule has 112 valence electrons. The van der Waals surface area contributed by atoms with E-state index >= 15 is 0 Å². The minimum Gasteiger partial charge on any atom is -0.497 e. The van der Waals surface area contributed by atoms with Gasteiger partial charge in [0.05, 0.1) is 19.8 Å². The fourth-order valence-electron chi connectivity index (χ4n) is 2.34. The number of hydrogen-bond acceptors (Lipinski definition) is 3. The molecule has 2 aromatic carbocycles. The highest BCUT2D eigenvalue weighted by Crippen LogP contribution is 2.35. The van der Waals surface area contributed by atoms with E-state index in [-0.39, 0.29) is 0 Å². The third-order valence-electron chi connectivity index (χ3n) is 3.45. The lowest BCUT2D eigenvalue weighted by atomic mass is 9.88. The van der Waals surface area contributed by atoms with Gasteiger partial charge in [0.2, 0.25) is 0 Å². The van der Waals surface area contributed by atoms with E-state index in [1.807, 2.05) is 36.4 Å². The molecular weight excluding hydrogens is 288 g/mol. The monoisotopic (exact) mass is 306 g/mol. The fraction of sp³-hybridized carbons (Fsp3) is 0.294. The molecule has 0 amide bonds. The van der Waals surface area contributed by atoms with Crippen molar-refractivity contribution in [1.82, 2.24) is 0 Å². The Kier molecular flexibility index (Phi) is 4.76. The van der Waals surface area contributed by atoms with Crippen molar-refractivity contribution in [3.63, 3.8) is 0 Å². The summed E-state index contributed by atoms with van der Waals surface area (Å²) < 4.78 is 10.5. The van der Waals surface area contributed by atoms with Crippen LogP contribution in [0.5, 0.6) is 11.5 Å². The second kappa shape index (κ2) is 6.37. The van der Waals surface area contributed by atoms with Gasteiger partial charge in [0.15, 0.2) is 0 Å². The second-order valence-corrected chi connectivity index (χ2v) is 5.58. The molecule has 0 radical (unpaired) electrons. The summed E-state index contributed by atoms with van der Waals surface area (Å²) in [6, 6.07) is 12.9. The summed E-state index contributed by atoms with van der Waals surface area (Å²) >= 11 is 5.88. The molecule has 1 N–H and O–H groups in total. The first kappa shape index (κ1) is 15.7. The normalized spacial score (nSPS) is 13.6. The summed E-state index contributed by atoms with van der Waals surface area (Å²) in [5, 5.41) is 11.5. The number of halogens is 1. The molecule has 0 spiro atoms. The Balaban J connectivity index is 2.32. The van der Waals surface area contributed by atoms with Gasteiger partial charge < -0.3 is 14.6 Å². The molecule has 0 aliphatic carbocycles. The van der Waals surface area contributed by atoms with Gasteiger partial charge in [-0.3, -0.25) is 0 Å². The zero-order valence-electron chi connectivity index (χ0n) is 12.4. The minimum atomic E-state index is -1.05. The third-order valence-corrected chi connectivity index (χ3v) is 3.70. The largest absolute Gasteiger partial charge is 0.497 e. The Morgan fingerprint density at radius 3 is 2.29 bits per heavy atom. The second-order valence-electron chi connectivity index (χ2n) is 5.14. The van der Waals surface area contributed by atoms with Crippen molar-refractivity contribution in [2.75, 3.05) is 14.2 Å². The molecule has 0 aliphatic heterocycles. The van der Waals surface area contributed by atoms with Crippen LogP contribution in [0.4, 0.5) is 0 Å². The highest BCUT2D eigenvalue weighted by Gasteiger charge is 2.27. The molecule has 1 unspecified atom stereocenters. The lowest BCUT2D eigenvalue weighted by Crippen LogP contribution is -2.25. The molecule has 2 aromatic rings.